The van der Waals surface area contributed by atoms with Crippen molar-refractivity contribution in [1.82, 2.24) is 10.2 Å². The van der Waals surface area contributed by atoms with Crippen molar-refractivity contribution < 1.29 is 22.4 Å². The van der Waals surface area contributed by atoms with Crippen molar-refractivity contribution in [3.05, 3.63) is 52.7 Å². The van der Waals surface area contributed by atoms with Gasteiger partial charge in [-0.15, -0.1) is 0 Å². The van der Waals surface area contributed by atoms with Gasteiger partial charge in [0.1, 0.15) is 10.1 Å². The molecule has 3 heterocycles. The van der Waals surface area contributed by atoms with Crippen LogP contribution >= 0.6 is 24.0 Å². The maximum Gasteiger partial charge on any atom is 0.266 e. The minimum atomic E-state index is -3.23. The summed E-state index contributed by atoms with van der Waals surface area (Å²) < 4.78 is 28.2. The largest absolute Gasteiger partial charge is 0.465 e. The molecule has 1 atom stereocenters. The van der Waals surface area contributed by atoms with Gasteiger partial charge in [-0.1, -0.05) is 30.1 Å². The first-order chi connectivity index (χ1) is 12.8. The number of carbonyl (C=O) groups excluding carboxylic acids is 2. The van der Waals surface area contributed by atoms with Gasteiger partial charge in [-0.25, -0.2) is 8.42 Å². The van der Waals surface area contributed by atoms with E-state index in [9.17, 15) is 18.0 Å². The van der Waals surface area contributed by atoms with Gasteiger partial charge in [-0.05, 0) is 30.4 Å². The molecule has 3 rings (SSSR count). The van der Waals surface area contributed by atoms with E-state index in [2.05, 4.69) is 5.32 Å². The highest BCUT2D eigenvalue weighted by atomic mass is 32.2. The zero-order valence-corrected chi connectivity index (χ0v) is 16.5. The highest BCUT2D eigenvalue weighted by Crippen LogP contribution is 2.31. The number of allylic oxidation sites excluding steroid dienone is 2. The molecule has 1 fully saturated rings. The molecule has 1 unspecified atom stereocenters. The standard InChI is InChI=1S/C17H16N2O5S3/c20-15(18-12-7-10-27(22,23)11-12)6-8-19-16(21)14(26-17(19)25)5-1-3-13-4-2-9-24-13/h1-5,7,9-10,12H,6,8,11H2,(H,18,20)/b3-1+,14-5-. The van der Waals surface area contributed by atoms with Gasteiger partial charge in [0.15, 0.2) is 9.84 Å². The fraction of sp³-hybridized carbons (Fsp3) is 0.235. The average Bonchev–Trinajstić information content (AvgIpc) is 3.28. The Kier molecular flexibility index (Phi) is 5.98. The van der Waals surface area contributed by atoms with Crippen LogP contribution in [0.25, 0.3) is 6.08 Å². The Hall–Kier alpha value is -2.17. The maximum absolute atomic E-state index is 12.4. The van der Waals surface area contributed by atoms with Gasteiger partial charge in [0.2, 0.25) is 5.91 Å². The molecule has 1 N–H and O–H groups in total. The van der Waals surface area contributed by atoms with Crippen molar-refractivity contribution >= 4 is 56.0 Å². The number of thiocarbonyl (C=S) groups is 1. The molecule has 1 saturated heterocycles. The smallest absolute Gasteiger partial charge is 0.266 e. The van der Waals surface area contributed by atoms with Gasteiger partial charge >= 0.3 is 0 Å². The van der Waals surface area contributed by atoms with Gasteiger partial charge < -0.3 is 9.73 Å². The number of hydrogen-bond donors (Lipinski definition) is 1. The monoisotopic (exact) mass is 424 g/mol. The number of nitrogens with one attached hydrogen (secondary N) is 1. The molecule has 27 heavy (non-hydrogen) atoms. The van der Waals surface area contributed by atoms with Gasteiger partial charge in [-0.3, -0.25) is 14.5 Å². The minimum Gasteiger partial charge on any atom is -0.465 e. The van der Waals surface area contributed by atoms with E-state index in [1.165, 1.54) is 22.7 Å². The number of amides is 2. The molecule has 0 bridgehead atoms. The van der Waals surface area contributed by atoms with E-state index in [1.54, 1.807) is 36.6 Å². The number of carbonyl (C=O) groups is 2. The van der Waals surface area contributed by atoms with Crippen molar-refractivity contribution in [1.29, 1.82) is 0 Å². The van der Waals surface area contributed by atoms with Gasteiger partial charge in [-0.2, -0.15) is 0 Å². The Morgan fingerprint density at radius 3 is 2.96 bits per heavy atom. The highest BCUT2D eigenvalue weighted by Gasteiger charge is 2.32. The molecule has 0 saturated carbocycles. The lowest BCUT2D eigenvalue weighted by atomic mass is 10.3. The lowest BCUT2D eigenvalue weighted by molar-refractivity contribution is -0.124. The minimum absolute atomic E-state index is 0.0341. The van der Waals surface area contributed by atoms with Gasteiger partial charge in [0, 0.05) is 18.4 Å². The second kappa shape index (κ2) is 8.24. The number of hydrogen-bond acceptors (Lipinski definition) is 7. The van der Waals surface area contributed by atoms with Crippen LogP contribution in [0.1, 0.15) is 12.2 Å². The van der Waals surface area contributed by atoms with Crippen LogP contribution in [-0.4, -0.2) is 47.8 Å². The van der Waals surface area contributed by atoms with Crippen LogP contribution in [0.15, 0.2) is 51.4 Å². The topological polar surface area (TPSA) is 96.7 Å². The van der Waals surface area contributed by atoms with E-state index in [4.69, 9.17) is 16.6 Å². The van der Waals surface area contributed by atoms with E-state index in [0.717, 1.165) is 5.41 Å². The third-order valence-electron chi connectivity index (χ3n) is 3.76. The molecular formula is C17H16N2O5S3. The summed E-state index contributed by atoms with van der Waals surface area (Å²) in [5.41, 5.74) is 0. The quantitative estimate of drug-likeness (QED) is 0.550. The van der Waals surface area contributed by atoms with Crippen molar-refractivity contribution in [3.63, 3.8) is 0 Å². The number of rotatable bonds is 6. The van der Waals surface area contributed by atoms with Crippen LogP contribution in [0.2, 0.25) is 0 Å². The summed E-state index contributed by atoms with van der Waals surface area (Å²) in [6.07, 6.45) is 8.11. The number of thioether (sulfide) groups is 1. The zero-order valence-electron chi connectivity index (χ0n) is 14.0. The fourth-order valence-corrected chi connectivity index (χ4v) is 4.98. The molecule has 1 aromatic rings. The van der Waals surface area contributed by atoms with Crippen molar-refractivity contribution in [2.75, 3.05) is 12.3 Å². The van der Waals surface area contributed by atoms with E-state index >= 15 is 0 Å². The number of sulfone groups is 1. The molecule has 0 aromatic carbocycles. The van der Waals surface area contributed by atoms with E-state index in [1.807, 2.05) is 0 Å². The van der Waals surface area contributed by atoms with Crippen LogP contribution in [0.4, 0.5) is 0 Å². The molecule has 2 aliphatic rings. The summed E-state index contributed by atoms with van der Waals surface area (Å²) in [5, 5.41) is 3.72. The Morgan fingerprint density at radius 1 is 1.48 bits per heavy atom. The lowest BCUT2D eigenvalue weighted by Crippen LogP contribution is -2.38. The second-order valence-electron chi connectivity index (χ2n) is 5.81. The van der Waals surface area contributed by atoms with Crippen LogP contribution in [-0.2, 0) is 19.4 Å². The van der Waals surface area contributed by atoms with Crippen LogP contribution in [0.5, 0.6) is 0 Å². The number of nitrogens with zero attached hydrogens (tertiary/aromatic N) is 1. The summed E-state index contributed by atoms with van der Waals surface area (Å²) in [7, 11) is -3.23. The molecular weight excluding hydrogens is 408 g/mol. The first-order valence-electron chi connectivity index (χ1n) is 8.00. The number of furan rings is 1. The van der Waals surface area contributed by atoms with Crippen molar-refractivity contribution in [3.8, 4) is 0 Å². The van der Waals surface area contributed by atoms with Crippen LogP contribution < -0.4 is 5.32 Å². The molecule has 2 aliphatic heterocycles. The SMILES string of the molecule is O=C(CCN1C(=O)/C(=C/C=C/c2ccco2)SC1=S)NC1C=CS(=O)(=O)C1. The first-order valence-corrected chi connectivity index (χ1v) is 10.9. The molecule has 7 nitrogen and oxygen atoms in total. The summed E-state index contributed by atoms with van der Waals surface area (Å²) in [4.78, 5) is 26.3. The first kappa shape index (κ1) is 19.6. The van der Waals surface area contributed by atoms with E-state index in [0.29, 0.717) is 15.0 Å². The summed E-state index contributed by atoms with van der Waals surface area (Å²) >= 11 is 6.38. The average molecular weight is 425 g/mol. The van der Waals surface area contributed by atoms with Crippen molar-refractivity contribution in [2.45, 2.75) is 12.5 Å². The maximum atomic E-state index is 12.4. The molecule has 0 aliphatic carbocycles. The molecule has 1 aromatic heterocycles. The Balaban J connectivity index is 1.51. The Morgan fingerprint density at radius 2 is 2.30 bits per heavy atom. The van der Waals surface area contributed by atoms with Crippen LogP contribution in [0.3, 0.4) is 0 Å². The lowest BCUT2D eigenvalue weighted by Gasteiger charge is -2.15. The van der Waals surface area contributed by atoms with E-state index in [-0.39, 0.29) is 30.5 Å². The molecule has 0 spiro atoms. The molecule has 10 heteroatoms. The molecule has 2 amide bonds. The molecule has 142 valence electrons. The Bertz CT molecular complexity index is 945. The predicted octanol–water partition coefficient (Wildman–Crippen LogP) is 1.85. The van der Waals surface area contributed by atoms with Crippen LogP contribution in [0, 0.1) is 0 Å². The summed E-state index contributed by atoms with van der Waals surface area (Å²) in [6.45, 7) is 0.138. The van der Waals surface area contributed by atoms with Gasteiger partial charge in [0.25, 0.3) is 5.91 Å². The molecule has 0 radical (unpaired) electrons. The zero-order chi connectivity index (χ0) is 19.4. The fourth-order valence-electron chi connectivity index (χ4n) is 2.48. The van der Waals surface area contributed by atoms with Gasteiger partial charge in [0.05, 0.1) is 23.0 Å². The second-order valence-corrected chi connectivity index (χ2v) is 9.42. The third-order valence-corrected chi connectivity index (χ3v) is 6.56. The normalized spacial score (nSPS) is 23.0. The Labute approximate surface area is 166 Å². The highest BCUT2D eigenvalue weighted by molar-refractivity contribution is 8.26. The van der Waals surface area contributed by atoms with Crippen molar-refractivity contribution in [2.24, 2.45) is 0 Å². The predicted molar refractivity (Wildman–Crippen MR) is 107 cm³/mol. The summed E-state index contributed by atoms with van der Waals surface area (Å²) in [6, 6.07) is 3.03. The van der Waals surface area contributed by atoms with E-state index < -0.39 is 15.9 Å². The third kappa shape index (κ3) is 5.18. The summed E-state index contributed by atoms with van der Waals surface area (Å²) in [5.74, 6) is -0.0611.